The average molecular weight is 429 g/mol. The van der Waals surface area contributed by atoms with Crippen LogP contribution in [0.25, 0.3) is 0 Å². The van der Waals surface area contributed by atoms with Crippen LogP contribution >= 0.6 is 15.9 Å². The van der Waals surface area contributed by atoms with Crippen molar-refractivity contribution in [3.05, 3.63) is 63.1 Å². The third kappa shape index (κ3) is 5.19. The Labute approximate surface area is 169 Å². The number of aryl methyl sites for hydroxylation is 3. The zero-order valence-electron chi connectivity index (χ0n) is 15.8. The van der Waals surface area contributed by atoms with Crippen LogP contribution in [0.5, 0.6) is 0 Å². The summed E-state index contributed by atoms with van der Waals surface area (Å²) in [5.74, 6) is -0.241. The Morgan fingerprint density at radius 3 is 2.56 bits per heavy atom. The van der Waals surface area contributed by atoms with Crippen LogP contribution in [0.15, 0.2) is 40.9 Å². The number of hydrogen-bond acceptors (Lipinski definition) is 2. The molecule has 2 aromatic rings. The average Bonchev–Trinajstić information content (AvgIpc) is 2.64. The summed E-state index contributed by atoms with van der Waals surface area (Å²) in [6.45, 7) is 1.98. The minimum Gasteiger partial charge on any atom is -0.336 e. The van der Waals surface area contributed by atoms with Crippen LogP contribution in [-0.4, -0.2) is 30.3 Å². The van der Waals surface area contributed by atoms with Gasteiger partial charge in [0.25, 0.3) is 0 Å². The van der Waals surface area contributed by atoms with Gasteiger partial charge in [0, 0.05) is 17.2 Å². The van der Waals surface area contributed by atoms with Crippen LogP contribution in [0.3, 0.4) is 0 Å². The summed E-state index contributed by atoms with van der Waals surface area (Å²) >= 11 is 3.41. The standard InChI is InChI=1S/C22H25BrN2O2/c1-15-11-19(23)9-10-20(15)24-21(26)14-25(2)22(27)13-16-7-8-17-5-3-4-6-18(17)12-16/h7-12H,3-6,13-14H2,1-2H3,(H,24,26). The van der Waals surface area contributed by atoms with E-state index in [0.29, 0.717) is 6.42 Å². The third-order valence-corrected chi connectivity index (χ3v) is 5.53. The third-order valence-electron chi connectivity index (χ3n) is 5.04. The summed E-state index contributed by atoms with van der Waals surface area (Å²) in [7, 11) is 1.68. The van der Waals surface area contributed by atoms with Crippen molar-refractivity contribution in [1.29, 1.82) is 0 Å². The molecule has 0 aromatic heterocycles. The van der Waals surface area contributed by atoms with Gasteiger partial charge in [-0.1, -0.05) is 34.1 Å². The van der Waals surface area contributed by atoms with Gasteiger partial charge in [0.15, 0.2) is 0 Å². The van der Waals surface area contributed by atoms with E-state index in [-0.39, 0.29) is 18.4 Å². The monoisotopic (exact) mass is 428 g/mol. The lowest BCUT2D eigenvalue weighted by molar-refractivity contribution is -0.132. The first-order valence-electron chi connectivity index (χ1n) is 9.33. The lowest BCUT2D eigenvalue weighted by Crippen LogP contribution is -2.36. The van der Waals surface area contributed by atoms with E-state index >= 15 is 0 Å². The molecule has 0 atom stereocenters. The fourth-order valence-corrected chi connectivity index (χ4v) is 3.94. The first-order chi connectivity index (χ1) is 12.9. The summed E-state index contributed by atoms with van der Waals surface area (Å²) < 4.78 is 0.968. The number of rotatable bonds is 5. The molecular formula is C22H25BrN2O2. The molecule has 0 saturated heterocycles. The van der Waals surface area contributed by atoms with Gasteiger partial charge in [-0.05, 0) is 73.1 Å². The normalized spacial score (nSPS) is 13.0. The van der Waals surface area contributed by atoms with Gasteiger partial charge in [-0.3, -0.25) is 9.59 Å². The number of likely N-dealkylation sites (N-methyl/N-ethyl adjacent to an activating group) is 1. The molecular weight excluding hydrogens is 404 g/mol. The summed E-state index contributed by atoms with van der Waals surface area (Å²) in [4.78, 5) is 26.3. The summed E-state index contributed by atoms with van der Waals surface area (Å²) in [5, 5.41) is 2.87. The topological polar surface area (TPSA) is 49.4 Å². The number of halogens is 1. The van der Waals surface area contributed by atoms with Crippen molar-refractivity contribution in [1.82, 2.24) is 4.90 Å². The number of nitrogens with one attached hydrogen (secondary N) is 1. The highest BCUT2D eigenvalue weighted by atomic mass is 79.9. The molecule has 1 aliphatic rings. The molecule has 1 aliphatic carbocycles. The molecule has 0 bridgehead atoms. The number of nitrogens with zero attached hydrogens (tertiary/aromatic N) is 1. The van der Waals surface area contributed by atoms with Crippen LogP contribution in [0, 0.1) is 6.92 Å². The number of carbonyl (C=O) groups excluding carboxylic acids is 2. The maximum atomic E-state index is 12.5. The predicted molar refractivity (Wildman–Crippen MR) is 112 cm³/mol. The first kappa shape index (κ1) is 19.6. The number of carbonyl (C=O) groups is 2. The Morgan fingerprint density at radius 1 is 1.07 bits per heavy atom. The second-order valence-electron chi connectivity index (χ2n) is 7.24. The van der Waals surface area contributed by atoms with Crippen LogP contribution < -0.4 is 5.32 Å². The van der Waals surface area contributed by atoms with Gasteiger partial charge in [0.1, 0.15) is 0 Å². The second-order valence-corrected chi connectivity index (χ2v) is 8.16. The molecule has 0 spiro atoms. The Bertz CT molecular complexity index is 863. The molecule has 5 heteroatoms. The molecule has 4 nitrogen and oxygen atoms in total. The highest BCUT2D eigenvalue weighted by molar-refractivity contribution is 9.10. The van der Waals surface area contributed by atoms with Crippen LogP contribution in [-0.2, 0) is 28.9 Å². The summed E-state index contributed by atoms with van der Waals surface area (Å²) in [6.07, 6.45) is 5.04. The maximum Gasteiger partial charge on any atom is 0.243 e. The fraction of sp³-hybridized carbons (Fsp3) is 0.364. The molecule has 2 amide bonds. The van der Waals surface area contributed by atoms with E-state index in [1.54, 1.807) is 7.05 Å². The minimum absolute atomic E-state index is 0.0410. The van der Waals surface area contributed by atoms with E-state index in [9.17, 15) is 9.59 Å². The van der Waals surface area contributed by atoms with Crippen molar-refractivity contribution < 1.29 is 9.59 Å². The molecule has 0 aliphatic heterocycles. The quantitative estimate of drug-likeness (QED) is 0.772. The van der Waals surface area contributed by atoms with E-state index in [1.807, 2.05) is 31.2 Å². The number of anilines is 1. The molecule has 142 valence electrons. The van der Waals surface area contributed by atoms with Crippen molar-refractivity contribution in [3.63, 3.8) is 0 Å². The molecule has 0 unspecified atom stereocenters. The molecule has 1 N–H and O–H groups in total. The lowest BCUT2D eigenvalue weighted by Gasteiger charge is -2.19. The molecule has 0 saturated carbocycles. The van der Waals surface area contributed by atoms with Gasteiger partial charge >= 0.3 is 0 Å². The van der Waals surface area contributed by atoms with Crippen molar-refractivity contribution >= 4 is 33.4 Å². The van der Waals surface area contributed by atoms with Gasteiger partial charge in [-0.25, -0.2) is 0 Å². The number of benzene rings is 2. The molecule has 27 heavy (non-hydrogen) atoms. The van der Waals surface area contributed by atoms with Crippen LogP contribution in [0.2, 0.25) is 0 Å². The van der Waals surface area contributed by atoms with Crippen molar-refractivity contribution in [3.8, 4) is 0 Å². The number of fused-ring (bicyclic) bond motifs is 1. The van der Waals surface area contributed by atoms with Gasteiger partial charge in [-0.2, -0.15) is 0 Å². The van der Waals surface area contributed by atoms with Gasteiger partial charge < -0.3 is 10.2 Å². The molecule has 0 heterocycles. The first-order valence-corrected chi connectivity index (χ1v) is 10.1. The van der Waals surface area contributed by atoms with Gasteiger partial charge in [-0.15, -0.1) is 0 Å². The summed E-state index contributed by atoms with van der Waals surface area (Å²) in [5.41, 5.74) is 5.55. The Balaban J connectivity index is 1.56. The van der Waals surface area contributed by atoms with Gasteiger partial charge in [0.05, 0.1) is 13.0 Å². The van der Waals surface area contributed by atoms with Crippen molar-refractivity contribution in [2.24, 2.45) is 0 Å². The molecule has 0 fully saturated rings. The van der Waals surface area contributed by atoms with E-state index in [1.165, 1.54) is 28.9 Å². The van der Waals surface area contributed by atoms with Crippen LogP contribution in [0.4, 0.5) is 5.69 Å². The molecule has 3 rings (SSSR count). The smallest absolute Gasteiger partial charge is 0.243 e. The lowest BCUT2D eigenvalue weighted by atomic mass is 9.90. The second kappa shape index (κ2) is 8.70. The number of hydrogen-bond donors (Lipinski definition) is 1. The fourth-order valence-electron chi connectivity index (χ4n) is 3.47. The van der Waals surface area contributed by atoms with E-state index in [2.05, 4.69) is 33.4 Å². The largest absolute Gasteiger partial charge is 0.336 e. The minimum atomic E-state index is -0.193. The highest BCUT2D eigenvalue weighted by Crippen LogP contribution is 2.23. The van der Waals surface area contributed by atoms with Gasteiger partial charge in [0.2, 0.25) is 11.8 Å². The van der Waals surface area contributed by atoms with Crippen molar-refractivity contribution in [2.75, 3.05) is 18.9 Å². The van der Waals surface area contributed by atoms with Crippen molar-refractivity contribution in [2.45, 2.75) is 39.0 Å². The Kier molecular flexibility index (Phi) is 6.32. The molecule has 0 radical (unpaired) electrons. The van der Waals surface area contributed by atoms with Crippen LogP contribution in [0.1, 0.15) is 35.1 Å². The SMILES string of the molecule is Cc1cc(Br)ccc1NC(=O)CN(C)C(=O)Cc1ccc2c(c1)CCCC2. The highest BCUT2D eigenvalue weighted by Gasteiger charge is 2.16. The Morgan fingerprint density at radius 2 is 1.81 bits per heavy atom. The maximum absolute atomic E-state index is 12.5. The van der Waals surface area contributed by atoms with E-state index in [0.717, 1.165) is 34.1 Å². The summed E-state index contributed by atoms with van der Waals surface area (Å²) in [6, 6.07) is 12.0. The number of amides is 2. The zero-order valence-corrected chi connectivity index (χ0v) is 17.4. The zero-order chi connectivity index (χ0) is 19.4. The Hall–Kier alpha value is -2.14. The molecule has 2 aromatic carbocycles. The van der Waals surface area contributed by atoms with E-state index in [4.69, 9.17) is 0 Å². The predicted octanol–water partition coefficient (Wildman–Crippen LogP) is 4.28. The van der Waals surface area contributed by atoms with E-state index < -0.39 is 0 Å².